The van der Waals surface area contributed by atoms with Crippen LogP contribution in [0.15, 0.2) is 66.7 Å². The zero-order valence-corrected chi connectivity index (χ0v) is 22.5. The van der Waals surface area contributed by atoms with Crippen molar-refractivity contribution in [2.24, 2.45) is 0 Å². The van der Waals surface area contributed by atoms with Crippen molar-refractivity contribution in [2.75, 3.05) is 18.2 Å². The highest BCUT2D eigenvalue weighted by Gasteiger charge is 2.26. The van der Waals surface area contributed by atoms with Gasteiger partial charge in [0.2, 0.25) is 5.91 Å². The van der Waals surface area contributed by atoms with E-state index >= 15 is 0 Å². The van der Waals surface area contributed by atoms with Crippen molar-refractivity contribution in [3.05, 3.63) is 89.2 Å². The zero-order valence-electron chi connectivity index (χ0n) is 22.5. The average molecular weight is 500 g/mol. The van der Waals surface area contributed by atoms with E-state index in [1.54, 1.807) is 4.90 Å². The van der Waals surface area contributed by atoms with Gasteiger partial charge in [0.1, 0.15) is 19.0 Å². The Kier molecular flexibility index (Phi) is 8.62. The van der Waals surface area contributed by atoms with Gasteiger partial charge in [0, 0.05) is 6.61 Å². The zero-order chi connectivity index (χ0) is 26.4. The van der Waals surface area contributed by atoms with Crippen LogP contribution in [0.1, 0.15) is 55.8 Å². The fourth-order valence-electron chi connectivity index (χ4n) is 4.73. The number of hydrogen-bond donors (Lipinski definition) is 0. The molecule has 3 aromatic carbocycles. The van der Waals surface area contributed by atoms with E-state index < -0.39 is 0 Å². The van der Waals surface area contributed by atoms with Crippen LogP contribution in [-0.2, 0) is 22.5 Å². The van der Waals surface area contributed by atoms with E-state index in [9.17, 15) is 4.79 Å². The molecular weight excluding hydrogens is 462 g/mol. The number of anilines is 1. The highest BCUT2D eigenvalue weighted by Crippen LogP contribution is 2.30. The third-order valence-corrected chi connectivity index (χ3v) is 6.60. The first-order chi connectivity index (χ1) is 18.0. The Hall–Kier alpha value is -3.64. The molecule has 1 amide bonds. The Morgan fingerprint density at radius 2 is 1.78 bits per heavy atom. The first-order valence-electron chi connectivity index (χ1n) is 13.1. The molecule has 37 heavy (non-hydrogen) atoms. The van der Waals surface area contributed by atoms with Crippen molar-refractivity contribution in [2.45, 2.75) is 60.1 Å². The SMILES string of the molecule is CCOCN(C(=O)Cn1c(C(CC)Oc2cccc(C)c2)nc2ccccc21)c1c(C)cccc1CC. The van der Waals surface area contributed by atoms with Gasteiger partial charge in [0.25, 0.3) is 0 Å². The van der Waals surface area contributed by atoms with Gasteiger partial charge in [0.15, 0.2) is 11.9 Å². The van der Waals surface area contributed by atoms with Gasteiger partial charge in [-0.05, 0) is 74.6 Å². The predicted molar refractivity (Wildman–Crippen MR) is 149 cm³/mol. The molecule has 0 aliphatic carbocycles. The van der Waals surface area contributed by atoms with Crippen LogP contribution in [0.2, 0.25) is 0 Å². The number of carbonyl (C=O) groups excluding carboxylic acids is 1. The van der Waals surface area contributed by atoms with Crippen LogP contribution in [0.5, 0.6) is 5.75 Å². The van der Waals surface area contributed by atoms with Crippen molar-refractivity contribution < 1.29 is 14.3 Å². The van der Waals surface area contributed by atoms with Crippen molar-refractivity contribution in [1.29, 1.82) is 0 Å². The Balaban J connectivity index is 1.74. The number of ether oxygens (including phenoxy) is 2. The number of imidazole rings is 1. The Labute approximate surface area is 219 Å². The quantitative estimate of drug-likeness (QED) is 0.214. The van der Waals surface area contributed by atoms with E-state index in [0.717, 1.165) is 51.4 Å². The van der Waals surface area contributed by atoms with E-state index in [4.69, 9.17) is 14.5 Å². The lowest BCUT2D eigenvalue weighted by Gasteiger charge is -2.27. The van der Waals surface area contributed by atoms with Crippen LogP contribution in [0.25, 0.3) is 11.0 Å². The minimum atomic E-state index is -0.299. The maximum atomic E-state index is 14.0. The molecule has 1 unspecified atom stereocenters. The minimum Gasteiger partial charge on any atom is -0.483 e. The van der Waals surface area contributed by atoms with Crippen molar-refractivity contribution in [3.8, 4) is 5.75 Å². The lowest BCUT2D eigenvalue weighted by atomic mass is 10.0. The molecule has 0 saturated carbocycles. The summed E-state index contributed by atoms with van der Waals surface area (Å²) in [6.45, 7) is 11.1. The number of aryl methyl sites for hydroxylation is 3. The summed E-state index contributed by atoms with van der Waals surface area (Å²) in [6, 6.07) is 22.1. The molecule has 194 valence electrons. The second-order valence-electron chi connectivity index (χ2n) is 9.26. The summed E-state index contributed by atoms with van der Waals surface area (Å²) in [5.74, 6) is 1.49. The van der Waals surface area contributed by atoms with Gasteiger partial charge in [-0.1, -0.05) is 56.3 Å². The second kappa shape index (κ2) is 12.1. The smallest absolute Gasteiger partial charge is 0.248 e. The fraction of sp³-hybridized carbons (Fsp3) is 0.355. The number of fused-ring (bicyclic) bond motifs is 1. The van der Waals surface area contributed by atoms with Crippen molar-refractivity contribution in [1.82, 2.24) is 9.55 Å². The number of amides is 1. The molecule has 1 atom stereocenters. The van der Waals surface area contributed by atoms with Crippen LogP contribution in [0.3, 0.4) is 0 Å². The molecule has 0 spiro atoms. The third-order valence-electron chi connectivity index (χ3n) is 6.60. The molecule has 0 N–H and O–H groups in total. The summed E-state index contributed by atoms with van der Waals surface area (Å²) in [5.41, 5.74) is 5.99. The van der Waals surface area contributed by atoms with E-state index in [1.165, 1.54) is 0 Å². The first-order valence-corrected chi connectivity index (χ1v) is 13.1. The molecule has 0 saturated heterocycles. The van der Waals surface area contributed by atoms with Gasteiger partial charge in [0.05, 0.1) is 16.7 Å². The number of hydrogen-bond acceptors (Lipinski definition) is 4. The van der Waals surface area contributed by atoms with E-state index in [1.807, 2.05) is 86.0 Å². The highest BCUT2D eigenvalue weighted by atomic mass is 16.5. The summed E-state index contributed by atoms with van der Waals surface area (Å²) in [6.07, 6.45) is 1.24. The van der Waals surface area contributed by atoms with Crippen molar-refractivity contribution >= 4 is 22.6 Å². The number of benzene rings is 3. The summed E-state index contributed by atoms with van der Waals surface area (Å²) < 4.78 is 14.2. The van der Waals surface area contributed by atoms with Gasteiger partial charge >= 0.3 is 0 Å². The number of carbonyl (C=O) groups is 1. The van der Waals surface area contributed by atoms with E-state index in [2.05, 4.69) is 19.9 Å². The van der Waals surface area contributed by atoms with E-state index in [-0.39, 0.29) is 25.3 Å². The van der Waals surface area contributed by atoms with Crippen LogP contribution >= 0.6 is 0 Å². The highest BCUT2D eigenvalue weighted by molar-refractivity contribution is 5.95. The number of aromatic nitrogens is 2. The monoisotopic (exact) mass is 499 g/mol. The predicted octanol–water partition coefficient (Wildman–Crippen LogP) is 6.77. The molecule has 0 fully saturated rings. The molecule has 6 heteroatoms. The van der Waals surface area contributed by atoms with Crippen LogP contribution in [0, 0.1) is 13.8 Å². The maximum absolute atomic E-state index is 14.0. The van der Waals surface area contributed by atoms with Crippen LogP contribution < -0.4 is 9.64 Å². The van der Waals surface area contributed by atoms with Gasteiger partial charge in [-0.25, -0.2) is 4.98 Å². The average Bonchev–Trinajstić information content (AvgIpc) is 3.26. The van der Waals surface area contributed by atoms with Crippen LogP contribution in [0.4, 0.5) is 5.69 Å². The lowest BCUT2D eigenvalue weighted by molar-refractivity contribution is -0.120. The third kappa shape index (κ3) is 5.86. The summed E-state index contributed by atoms with van der Waals surface area (Å²) in [4.78, 5) is 20.7. The molecule has 4 aromatic rings. The van der Waals surface area contributed by atoms with E-state index in [0.29, 0.717) is 13.0 Å². The minimum absolute atomic E-state index is 0.0488. The normalized spacial score (nSPS) is 12.0. The fourth-order valence-corrected chi connectivity index (χ4v) is 4.73. The number of nitrogens with zero attached hydrogens (tertiary/aromatic N) is 3. The molecule has 0 bridgehead atoms. The molecule has 1 heterocycles. The largest absolute Gasteiger partial charge is 0.483 e. The molecule has 0 aliphatic rings. The Bertz CT molecular complexity index is 1360. The first kappa shape index (κ1) is 26.4. The Morgan fingerprint density at radius 3 is 2.51 bits per heavy atom. The van der Waals surface area contributed by atoms with Gasteiger partial charge in [-0.2, -0.15) is 0 Å². The molecule has 0 radical (unpaired) electrons. The van der Waals surface area contributed by atoms with Crippen LogP contribution in [-0.4, -0.2) is 28.8 Å². The topological polar surface area (TPSA) is 56.6 Å². The molecule has 4 rings (SSSR count). The van der Waals surface area contributed by atoms with Gasteiger partial charge < -0.3 is 14.0 Å². The van der Waals surface area contributed by atoms with Gasteiger partial charge in [-0.3, -0.25) is 9.69 Å². The molecule has 6 nitrogen and oxygen atoms in total. The number of para-hydroxylation sites is 3. The summed E-state index contributed by atoms with van der Waals surface area (Å²) in [5, 5.41) is 0. The standard InChI is InChI=1S/C31H37N3O3/c1-6-24-15-12-14-23(5)30(24)34(21-36-8-3)29(35)20-33-27-18-10-9-17-26(27)32-31(33)28(7-2)37-25-16-11-13-22(4)19-25/h9-19,28H,6-8,20-21H2,1-5H3. The lowest BCUT2D eigenvalue weighted by Crippen LogP contribution is -2.37. The molecular formula is C31H37N3O3. The van der Waals surface area contributed by atoms with Crippen molar-refractivity contribution in [3.63, 3.8) is 0 Å². The number of rotatable bonds is 11. The molecule has 0 aliphatic heterocycles. The maximum Gasteiger partial charge on any atom is 0.248 e. The molecule has 1 aromatic heterocycles. The Morgan fingerprint density at radius 1 is 1.00 bits per heavy atom. The summed E-state index contributed by atoms with van der Waals surface area (Å²) >= 11 is 0. The summed E-state index contributed by atoms with van der Waals surface area (Å²) in [7, 11) is 0. The second-order valence-corrected chi connectivity index (χ2v) is 9.26. The van der Waals surface area contributed by atoms with Gasteiger partial charge in [-0.15, -0.1) is 0 Å².